The molecule has 2 aromatic heterocycles. The van der Waals surface area contributed by atoms with E-state index < -0.39 is 5.82 Å². The molecule has 83 valence electrons. The molecule has 0 amide bonds. The van der Waals surface area contributed by atoms with E-state index in [-0.39, 0.29) is 5.69 Å². The fraction of sp³-hybridized carbons (Fsp3) is 0. The van der Waals surface area contributed by atoms with Crippen molar-refractivity contribution in [2.24, 2.45) is 0 Å². The van der Waals surface area contributed by atoms with Crippen LogP contribution < -0.4 is 5.73 Å². The van der Waals surface area contributed by atoms with Gasteiger partial charge in [0.2, 0.25) is 0 Å². The number of fused-ring (bicyclic) bond motifs is 1. The Bertz CT molecular complexity index is 690. The summed E-state index contributed by atoms with van der Waals surface area (Å²) in [5.74, 6) is -0.425. The number of rotatable bonds is 1. The summed E-state index contributed by atoms with van der Waals surface area (Å²) in [6, 6.07) is 9.25. The molecule has 2 heterocycles. The van der Waals surface area contributed by atoms with Crippen molar-refractivity contribution in [3.05, 3.63) is 48.5 Å². The zero-order valence-corrected chi connectivity index (χ0v) is 8.76. The van der Waals surface area contributed by atoms with Gasteiger partial charge in [-0.25, -0.2) is 13.9 Å². The van der Waals surface area contributed by atoms with Crippen molar-refractivity contribution in [2.45, 2.75) is 0 Å². The van der Waals surface area contributed by atoms with Gasteiger partial charge < -0.3 is 5.73 Å². The third kappa shape index (κ3) is 1.52. The minimum Gasteiger partial charge on any atom is -0.396 e. The number of nitrogens with two attached hydrogens (primary N) is 1. The lowest BCUT2D eigenvalue weighted by Gasteiger charge is -2.05. The van der Waals surface area contributed by atoms with Crippen LogP contribution in [0.15, 0.2) is 36.7 Å². The molecular formula is C12H8FN4. The predicted octanol–water partition coefficient (Wildman–Crippen LogP) is 1.92. The van der Waals surface area contributed by atoms with E-state index in [9.17, 15) is 4.39 Å². The first kappa shape index (κ1) is 9.77. The first-order chi connectivity index (χ1) is 8.25. The van der Waals surface area contributed by atoms with E-state index in [0.717, 1.165) is 11.3 Å². The normalized spacial score (nSPS) is 10.9. The summed E-state index contributed by atoms with van der Waals surface area (Å²) in [5.41, 5.74) is 7.86. The molecular weight excluding hydrogens is 219 g/mol. The van der Waals surface area contributed by atoms with E-state index in [2.05, 4.69) is 16.1 Å². The van der Waals surface area contributed by atoms with Crippen LogP contribution in [-0.2, 0) is 0 Å². The molecule has 0 saturated heterocycles. The average molecular weight is 227 g/mol. The zero-order chi connectivity index (χ0) is 11.8. The predicted molar refractivity (Wildman–Crippen MR) is 61.6 cm³/mol. The van der Waals surface area contributed by atoms with Crippen molar-refractivity contribution in [1.29, 1.82) is 0 Å². The van der Waals surface area contributed by atoms with Crippen molar-refractivity contribution in [2.75, 3.05) is 5.73 Å². The van der Waals surface area contributed by atoms with E-state index in [1.165, 1.54) is 6.07 Å². The van der Waals surface area contributed by atoms with E-state index in [1.54, 1.807) is 35.1 Å². The quantitative estimate of drug-likeness (QED) is 0.646. The Hall–Kier alpha value is -2.43. The second-order valence-corrected chi connectivity index (χ2v) is 3.59. The van der Waals surface area contributed by atoms with Gasteiger partial charge in [0.25, 0.3) is 0 Å². The van der Waals surface area contributed by atoms with Gasteiger partial charge in [-0.3, -0.25) is 0 Å². The summed E-state index contributed by atoms with van der Waals surface area (Å²) in [7, 11) is 0. The number of anilines is 1. The van der Waals surface area contributed by atoms with Gasteiger partial charge in [0.05, 0.1) is 23.6 Å². The van der Waals surface area contributed by atoms with Gasteiger partial charge >= 0.3 is 0 Å². The van der Waals surface area contributed by atoms with Crippen LogP contribution in [0, 0.1) is 11.9 Å². The average Bonchev–Trinajstić information content (AvgIpc) is 2.80. The Balaban J connectivity index is 2.26. The standard InChI is InChI=1S/C12H8FN4/c13-9-2-1-8(7-10(9)14)11-3-5-15-12-4-6-16-17(11)12/h1-3,5-7H,14H2. The molecule has 1 aromatic carbocycles. The van der Waals surface area contributed by atoms with Gasteiger partial charge in [0, 0.05) is 11.8 Å². The molecule has 0 aliphatic rings. The molecule has 17 heavy (non-hydrogen) atoms. The number of nitrogen functional groups attached to an aromatic ring is 1. The van der Waals surface area contributed by atoms with Gasteiger partial charge in [-0.1, -0.05) is 0 Å². The van der Waals surface area contributed by atoms with E-state index >= 15 is 0 Å². The van der Waals surface area contributed by atoms with Gasteiger partial charge in [0.1, 0.15) is 5.82 Å². The third-order valence-corrected chi connectivity index (χ3v) is 2.52. The fourth-order valence-corrected chi connectivity index (χ4v) is 1.70. The molecule has 0 saturated carbocycles. The van der Waals surface area contributed by atoms with E-state index in [4.69, 9.17) is 5.73 Å². The second-order valence-electron chi connectivity index (χ2n) is 3.59. The lowest BCUT2D eigenvalue weighted by molar-refractivity contribution is 0.632. The highest BCUT2D eigenvalue weighted by Gasteiger charge is 2.07. The SMILES string of the molecule is Nc1cc(-c2ccnc3[c]cnn23)ccc1F. The second kappa shape index (κ2) is 3.55. The Morgan fingerprint density at radius 2 is 2.18 bits per heavy atom. The Kier molecular flexibility index (Phi) is 2.04. The van der Waals surface area contributed by atoms with Crippen LogP contribution in [0.1, 0.15) is 0 Å². The van der Waals surface area contributed by atoms with Gasteiger partial charge in [-0.15, -0.1) is 0 Å². The van der Waals surface area contributed by atoms with Crippen LogP contribution >= 0.6 is 0 Å². The molecule has 3 rings (SSSR count). The largest absolute Gasteiger partial charge is 0.396 e. The number of halogens is 1. The molecule has 1 radical (unpaired) electrons. The molecule has 0 spiro atoms. The van der Waals surface area contributed by atoms with Crippen LogP contribution in [0.25, 0.3) is 16.9 Å². The van der Waals surface area contributed by atoms with Gasteiger partial charge in [-0.2, -0.15) is 5.10 Å². The first-order valence-corrected chi connectivity index (χ1v) is 5.01. The molecule has 0 atom stereocenters. The lowest BCUT2D eigenvalue weighted by atomic mass is 10.1. The summed E-state index contributed by atoms with van der Waals surface area (Å²) >= 11 is 0. The Labute approximate surface area is 96.5 Å². The third-order valence-electron chi connectivity index (χ3n) is 2.52. The summed E-state index contributed by atoms with van der Waals surface area (Å²) < 4.78 is 14.7. The molecule has 5 heteroatoms. The Morgan fingerprint density at radius 1 is 1.29 bits per heavy atom. The van der Waals surface area contributed by atoms with Crippen LogP contribution in [-0.4, -0.2) is 14.6 Å². The van der Waals surface area contributed by atoms with Crippen molar-refractivity contribution in [3.8, 4) is 11.3 Å². The summed E-state index contributed by atoms with van der Waals surface area (Å²) in [5, 5.41) is 4.11. The van der Waals surface area contributed by atoms with Crippen molar-refractivity contribution >= 4 is 11.3 Å². The minimum absolute atomic E-state index is 0.114. The van der Waals surface area contributed by atoms with Crippen LogP contribution in [0.5, 0.6) is 0 Å². The van der Waals surface area contributed by atoms with Crippen molar-refractivity contribution < 1.29 is 4.39 Å². The molecule has 3 aromatic rings. The maximum atomic E-state index is 13.1. The summed E-state index contributed by atoms with van der Waals surface area (Å²) in [6.45, 7) is 0. The molecule has 0 aliphatic heterocycles. The molecule has 0 unspecified atom stereocenters. The number of benzene rings is 1. The van der Waals surface area contributed by atoms with Crippen LogP contribution in [0.4, 0.5) is 10.1 Å². The highest BCUT2D eigenvalue weighted by atomic mass is 19.1. The van der Waals surface area contributed by atoms with Crippen molar-refractivity contribution in [1.82, 2.24) is 14.6 Å². The lowest BCUT2D eigenvalue weighted by Crippen LogP contribution is -1.97. The fourth-order valence-electron chi connectivity index (χ4n) is 1.70. The number of hydrogen-bond acceptors (Lipinski definition) is 3. The first-order valence-electron chi connectivity index (χ1n) is 5.01. The topological polar surface area (TPSA) is 56.2 Å². The highest BCUT2D eigenvalue weighted by Crippen LogP contribution is 2.22. The molecule has 0 aliphatic carbocycles. The van der Waals surface area contributed by atoms with Crippen molar-refractivity contribution in [3.63, 3.8) is 0 Å². The summed E-state index contributed by atoms with van der Waals surface area (Å²) in [4.78, 5) is 4.11. The maximum Gasteiger partial charge on any atom is 0.163 e. The van der Waals surface area contributed by atoms with Crippen LogP contribution in [0.3, 0.4) is 0 Å². The van der Waals surface area contributed by atoms with Crippen LogP contribution in [0.2, 0.25) is 0 Å². The molecule has 4 nitrogen and oxygen atoms in total. The zero-order valence-electron chi connectivity index (χ0n) is 8.76. The Morgan fingerprint density at radius 3 is 3.00 bits per heavy atom. The van der Waals surface area contributed by atoms with Gasteiger partial charge in [0.15, 0.2) is 5.65 Å². The number of aromatic nitrogens is 3. The summed E-state index contributed by atoms with van der Waals surface area (Å²) in [6.07, 6.45) is 3.20. The monoisotopic (exact) mass is 227 g/mol. The number of hydrogen-bond donors (Lipinski definition) is 1. The molecule has 0 bridgehead atoms. The molecule has 0 fully saturated rings. The maximum absolute atomic E-state index is 13.1. The minimum atomic E-state index is -0.425. The van der Waals surface area contributed by atoms with Gasteiger partial charge in [-0.05, 0) is 24.3 Å². The van der Waals surface area contributed by atoms with E-state index in [1.807, 2.05) is 0 Å². The van der Waals surface area contributed by atoms with E-state index in [0.29, 0.717) is 5.65 Å². The molecule has 2 N–H and O–H groups in total. The smallest absolute Gasteiger partial charge is 0.163 e. The number of nitrogens with zero attached hydrogens (tertiary/aromatic N) is 3. The highest BCUT2D eigenvalue weighted by molar-refractivity contribution is 5.66.